The van der Waals surface area contributed by atoms with E-state index in [4.69, 9.17) is 4.74 Å². The highest BCUT2D eigenvalue weighted by Crippen LogP contribution is 2.18. The maximum absolute atomic E-state index is 11.1. The van der Waals surface area contributed by atoms with Gasteiger partial charge in [0, 0.05) is 18.3 Å². The first-order valence-corrected chi connectivity index (χ1v) is 4.43. The summed E-state index contributed by atoms with van der Waals surface area (Å²) in [6.45, 7) is 0.566. The van der Waals surface area contributed by atoms with Crippen molar-refractivity contribution in [3.63, 3.8) is 0 Å². The smallest absolute Gasteiger partial charge is 0.309 e. The lowest BCUT2D eigenvalue weighted by molar-refractivity contribution is -0.141. The van der Waals surface area contributed by atoms with Crippen LogP contribution in [0.4, 0.5) is 0 Å². The lowest BCUT2D eigenvalue weighted by atomic mass is 10.0. The molecule has 0 spiro atoms. The van der Waals surface area contributed by atoms with Crippen molar-refractivity contribution >= 4 is 5.97 Å². The number of hydrogen-bond donors (Lipinski definition) is 0. The van der Waals surface area contributed by atoms with Gasteiger partial charge in [-0.05, 0) is 18.6 Å². The Morgan fingerprint density at radius 3 is 3.08 bits per heavy atom. The van der Waals surface area contributed by atoms with Gasteiger partial charge in [-0.2, -0.15) is 0 Å². The van der Waals surface area contributed by atoms with Crippen molar-refractivity contribution < 1.29 is 9.53 Å². The number of aromatic nitrogens is 1. The van der Waals surface area contributed by atoms with E-state index >= 15 is 0 Å². The fourth-order valence-electron chi connectivity index (χ4n) is 1.49. The quantitative estimate of drug-likeness (QED) is 0.637. The normalized spacial score (nSPS) is 21.5. The third-order valence-corrected chi connectivity index (χ3v) is 2.23. The molecule has 1 fully saturated rings. The summed E-state index contributed by atoms with van der Waals surface area (Å²) in [6, 6.07) is 5.74. The molecule has 0 amide bonds. The molecule has 2 rings (SSSR count). The number of rotatable bonds is 2. The summed E-state index contributed by atoms with van der Waals surface area (Å²) in [5, 5.41) is 0. The fraction of sp³-hybridized carbons (Fsp3) is 0.400. The van der Waals surface area contributed by atoms with Gasteiger partial charge in [-0.15, -0.1) is 0 Å². The van der Waals surface area contributed by atoms with Crippen molar-refractivity contribution in [3.8, 4) is 0 Å². The summed E-state index contributed by atoms with van der Waals surface area (Å²) in [6.07, 6.45) is 3.28. The van der Waals surface area contributed by atoms with Crippen LogP contribution >= 0.6 is 0 Å². The maximum Gasteiger partial charge on any atom is 0.309 e. The molecule has 0 saturated carbocycles. The number of hydrogen-bond acceptors (Lipinski definition) is 3. The van der Waals surface area contributed by atoms with E-state index in [0.717, 1.165) is 12.1 Å². The minimum atomic E-state index is -0.0781. The van der Waals surface area contributed by atoms with E-state index < -0.39 is 0 Å². The van der Waals surface area contributed by atoms with Gasteiger partial charge in [-0.3, -0.25) is 9.78 Å². The molecule has 2 heterocycles. The summed E-state index contributed by atoms with van der Waals surface area (Å²) in [5.74, 6) is -0.0550. The third kappa shape index (κ3) is 1.86. The standard InChI is InChI=1S/C10H11NO2/c12-10-8(4-6-13-10)7-9-3-1-2-5-11-9/h1-3,5,8H,4,6-7H2/t8-/m0/s1. The average molecular weight is 177 g/mol. The van der Waals surface area contributed by atoms with E-state index in [9.17, 15) is 4.79 Å². The van der Waals surface area contributed by atoms with Gasteiger partial charge in [-0.25, -0.2) is 0 Å². The first kappa shape index (κ1) is 8.23. The van der Waals surface area contributed by atoms with Crippen molar-refractivity contribution in [2.24, 2.45) is 5.92 Å². The van der Waals surface area contributed by atoms with Crippen LogP contribution in [0.15, 0.2) is 24.4 Å². The molecular formula is C10H11NO2. The highest BCUT2D eigenvalue weighted by atomic mass is 16.5. The highest BCUT2D eigenvalue weighted by Gasteiger charge is 2.26. The van der Waals surface area contributed by atoms with Gasteiger partial charge in [0.2, 0.25) is 0 Å². The minimum absolute atomic E-state index is 0.0231. The monoisotopic (exact) mass is 177 g/mol. The number of pyridine rings is 1. The van der Waals surface area contributed by atoms with Crippen LogP contribution in [0.2, 0.25) is 0 Å². The summed E-state index contributed by atoms with van der Waals surface area (Å²) in [4.78, 5) is 15.3. The van der Waals surface area contributed by atoms with Gasteiger partial charge in [0.1, 0.15) is 0 Å². The van der Waals surface area contributed by atoms with Crippen molar-refractivity contribution in [2.45, 2.75) is 12.8 Å². The van der Waals surface area contributed by atoms with Crippen LogP contribution in [-0.4, -0.2) is 17.6 Å². The Morgan fingerprint density at radius 2 is 2.46 bits per heavy atom. The highest BCUT2D eigenvalue weighted by molar-refractivity contribution is 5.74. The molecule has 0 N–H and O–H groups in total. The van der Waals surface area contributed by atoms with Crippen LogP contribution in [0.3, 0.4) is 0 Å². The van der Waals surface area contributed by atoms with Crippen LogP contribution < -0.4 is 0 Å². The predicted molar refractivity (Wildman–Crippen MR) is 47.0 cm³/mol. The molecule has 3 heteroatoms. The van der Waals surface area contributed by atoms with Gasteiger partial charge in [0.25, 0.3) is 0 Å². The van der Waals surface area contributed by atoms with Crippen molar-refractivity contribution in [3.05, 3.63) is 30.1 Å². The molecule has 1 aromatic rings. The Hall–Kier alpha value is -1.38. The number of esters is 1. The van der Waals surface area contributed by atoms with Gasteiger partial charge in [-0.1, -0.05) is 6.07 Å². The molecule has 1 aliphatic rings. The van der Waals surface area contributed by atoms with E-state index in [1.54, 1.807) is 6.20 Å². The second-order valence-electron chi connectivity index (χ2n) is 3.18. The number of cyclic esters (lactones) is 1. The zero-order chi connectivity index (χ0) is 9.10. The molecule has 1 saturated heterocycles. The zero-order valence-corrected chi connectivity index (χ0v) is 7.27. The van der Waals surface area contributed by atoms with E-state index in [1.165, 1.54) is 0 Å². The second-order valence-corrected chi connectivity index (χ2v) is 3.18. The molecule has 0 unspecified atom stereocenters. The summed E-state index contributed by atoms with van der Waals surface area (Å²) >= 11 is 0. The Balaban J connectivity index is 2.02. The van der Waals surface area contributed by atoms with E-state index in [-0.39, 0.29) is 11.9 Å². The molecule has 0 aliphatic carbocycles. The van der Waals surface area contributed by atoms with Crippen molar-refractivity contribution in [1.29, 1.82) is 0 Å². The molecule has 1 aromatic heterocycles. The third-order valence-electron chi connectivity index (χ3n) is 2.23. The van der Waals surface area contributed by atoms with Gasteiger partial charge in [0.05, 0.1) is 12.5 Å². The van der Waals surface area contributed by atoms with Gasteiger partial charge < -0.3 is 4.74 Å². The van der Waals surface area contributed by atoms with Crippen molar-refractivity contribution in [1.82, 2.24) is 4.98 Å². The average Bonchev–Trinajstić information content (AvgIpc) is 2.54. The molecule has 1 aliphatic heterocycles. The number of ether oxygens (including phenoxy) is 1. The second kappa shape index (κ2) is 3.56. The van der Waals surface area contributed by atoms with E-state index in [0.29, 0.717) is 13.0 Å². The Morgan fingerprint density at radius 1 is 1.54 bits per heavy atom. The van der Waals surface area contributed by atoms with Crippen LogP contribution in [0.5, 0.6) is 0 Å². The lowest BCUT2D eigenvalue weighted by Crippen LogP contribution is -2.11. The number of carbonyl (C=O) groups is 1. The maximum atomic E-state index is 11.1. The number of carbonyl (C=O) groups excluding carboxylic acids is 1. The van der Waals surface area contributed by atoms with Crippen LogP contribution in [0.1, 0.15) is 12.1 Å². The SMILES string of the molecule is O=C1OCC[C@H]1Cc1ccccn1. The molecule has 1 atom stereocenters. The van der Waals surface area contributed by atoms with Gasteiger partial charge in [0.15, 0.2) is 0 Å². The molecule has 13 heavy (non-hydrogen) atoms. The topological polar surface area (TPSA) is 39.2 Å². The lowest BCUT2D eigenvalue weighted by Gasteiger charge is -2.03. The van der Waals surface area contributed by atoms with Gasteiger partial charge >= 0.3 is 5.97 Å². The molecule has 0 bridgehead atoms. The first-order valence-electron chi connectivity index (χ1n) is 4.43. The molecule has 68 valence electrons. The number of nitrogens with zero attached hydrogens (tertiary/aromatic N) is 1. The molecule has 0 aromatic carbocycles. The molecule has 3 nitrogen and oxygen atoms in total. The Bertz CT molecular complexity index is 297. The largest absolute Gasteiger partial charge is 0.465 e. The van der Waals surface area contributed by atoms with Crippen LogP contribution in [0, 0.1) is 5.92 Å². The van der Waals surface area contributed by atoms with Crippen LogP contribution in [-0.2, 0) is 16.0 Å². The van der Waals surface area contributed by atoms with E-state index in [1.807, 2.05) is 18.2 Å². The molecule has 0 radical (unpaired) electrons. The minimum Gasteiger partial charge on any atom is -0.465 e. The van der Waals surface area contributed by atoms with E-state index in [2.05, 4.69) is 4.98 Å². The van der Waals surface area contributed by atoms with Crippen LogP contribution in [0.25, 0.3) is 0 Å². The fourth-order valence-corrected chi connectivity index (χ4v) is 1.49. The predicted octanol–water partition coefficient (Wildman–Crippen LogP) is 1.19. The summed E-state index contributed by atoms with van der Waals surface area (Å²) < 4.78 is 4.87. The summed E-state index contributed by atoms with van der Waals surface area (Å²) in [7, 11) is 0. The Kier molecular flexibility index (Phi) is 2.25. The summed E-state index contributed by atoms with van der Waals surface area (Å²) in [5.41, 5.74) is 0.964. The van der Waals surface area contributed by atoms with Crippen molar-refractivity contribution in [2.75, 3.05) is 6.61 Å². The first-order chi connectivity index (χ1) is 6.36. The molecular weight excluding hydrogens is 166 g/mol. The Labute approximate surface area is 76.7 Å². The zero-order valence-electron chi connectivity index (χ0n) is 7.27.